The van der Waals surface area contributed by atoms with Crippen LogP contribution in [-0.2, 0) is 12.8 Å². The quantitative estimate of drug-likeness (QED) is 0.700. The molecule has 2 aromatic rings. The summed E-state index contributed by atoms with van der Waals surface area (Å²) in [4.78, 5) is 2.98. The van der Waals surface area contributed by atoms with Crippen LogP contribution in [0.2, 0.25) is 0 Å². The maximum Gasteiger partial charge on any atom is 0.0391 e. The zero-order valence-electron chi connectivity index (χ0n) is 10.4. The van der Waals surface area contributed by atoms with Crippen LogP contribution in [0, 0.1) is 13.8 Å². The zero-order valence-corrected chi connectivity index (χ0v) is 12.0. The van der Waals surface area contributed by atoms with E-state index in [1.54, 1.807) is 5.56 Å². The van der Waals surface area contributed by atoms with Crippen LogP contribution in [0.3, 0.4) is 0 Å². The molecule has 2 rings (SSSR count). The Morgan fingerprint density at radius 2 is 1.75 bits per heavy atom. The van der Waals surface area contributed by atoms with Crippen LogP contribution in [0.1, 0.15) is 35.4 Å². The highest BCUT2D eigenvalue weighted by Crippen LogP contribution is 2.39. The Hall–Kier alpha value is -0.600. The van der Waals surface area contributed by atoms with Crippen LogP contribution in [0.15, 0.2) is 10.8 Å². The van der Waals surface area contributed by atoms with Gasteiger partial charge in [-0.3, -0.25) is 0 Å². The monoisotopic (exact) mass is 250 g/mol. The molecule has 0 unspecified atom stereocenters. The van der Waals surface area contributed by atoms with Crippen molar-refractivity contribution in [2.45, 2.75) is 40.5 Å². The van der Waals surface area contributed by atoms with Gasteiger partial charge in [0, 0.05) is 15.3 Å². The van der Waals surface area contributed by atoms with Crippen LogP contribution in [0.4, 0.5) is 0 Å². The standard InChI is InChI=1S/C14H18S2/c1-5-11-8-15-10(4)13(11)14-12(6-2)9(3)7-16-14/h7-8H,5-6H2,1-4H3. The molecular formula is C14H18S2. The molecule has 2 heterocycles. The molecule has 0 aliphatic rings. The molecule has 0 aromatic carbocycles. The van der Waals surface area contributed by atoms with Gasteiger partial charge < -0.3 is 0 Å². The molecule has 0 radical (unpaired) electrons. The molecule has 0 aliphatic heterocycles. The predicted molar refractivity (Wildman–Crippen MR) is 75.9 cm³/mol. The van der Waals surface area contributed by atoms with Gasteiger partial charge in [-0.05, 0) is 54.1 Å². The van der Waals surface area contributed by atoms with Gasteiger partial charge in [-0.1, -0.05) is 13.8 Å². The van der Waals surface area contributed by atoms with Crippen molar-refractivity contribution in [2.24, 2.45) is 0 Å². The molecule has 0 fully saturated rings. The molecule has 86 valence electrons. The van der Waals surface area contributed by atoms with Gasteiger partial charge in [-0.15, -0.1) is 22.7 Å². The molecule has 0 nitrogen and oxygen atoms in total. The lowest BCUT2D eigenvalue weighted by atomic mass is 10.0. The average molecular weight is 250 g/mol. The summed E-state index contributed by atoms with van der Waals surface area (Å²) in [7, 11) is 0. The van der Waals surface area contributed by atoms with Crippen LogP contribution in [0.5, 0.6) is 0 Å². The fraction of sp³-hybridized carbons (Fsp3) is 0.429. The van der Waals surface area contributed by atoms with Crippen molar-refractivity contribution in [1.29, 1.82) is 0 Å². The van der Waals surface area contributed by atoms with Crippen molar-refractivity contribution < 1.29 is 0 Å². The fourth-order valence-electron chi connectivity index (χ4n) is 2.19. The fourth-order valence-corrected chi connectivity index (χ4v) is 4.49. The van der Waals surface area contributed by atoms with Gasteiger partial charge in [-0.2, -0.15) is 0 Å². The van der Waals surface area contributed by atoms with Gasteiger partial charge in [0.15, 0.2) is 0 Å². The molecule has 2 heteroatoms. The first kappa shape index (κ1) is 11.9. The Morgan fingerprint density at radius 3 is 2.38 bits per heavy atom. The van der Waals surface area contributed by atoms with Crippen molar-refractivity contribution in [3.8, 4) is 10.4 Å². The van der Waals surface area contributed by atoms with E-state index in [2.05, 4.69) is 38.5 Å². The first-order valence-electron chi connectivity index (χ1n) is 5.83. The average Bonchev–Trinajstić information content (AvgIpc) is 2.81. The minimum Gasteiger partial charge on any atom is -0.148 e. The van der Waals surface area contributed by atoms with Gasteiger partial charge in [-0.25, -0.2) is 0 Å². The molecule has 0 amide bonds. The molecule has 0 spiro atoms. The summed E-state index contributed by atoms with van der Waals surface area (Å²) in [6, 6.07) is 0. The van der Waals surface area contributed by atoms with E-state index in [1.165, 1.54) is 26.4 Å². The third-order valence-electron chi connectivity index (χ3n) is 3.12. The van der Waals surface area contributed by atoms with E-state index in [4.69, 9.17) is 0 Å². The molecular weight excluding hydrogens is 232 g/mol. The second-order valence-corrected chi connectivity index (χ2v) is 6.09. The largest absolute Gasteiger partial charge is 0.148 e. The molecule has 0 N–H and O–H groups in total. The minimum absolute atomic E-state index is 1.14. The first-order valence-corrected chi connectivity index (χ1v) is 7.59. The molecule has 0 bridgehead atoms. The lowest BCUT2D eigenvalue weighted by molar-refractivity contribution is 1.12. The molecule has 0 saturated heterocycles. The van der Waals surface area contributed by atoms with Gasteiger partial charge in [0.25, 0.3) is 0 Å². The molecule has 16 heavy (non-hydrogen) atoms. The normalized spacial score (nSPS) is 11.0. The van der Waals surface area contributed by atoms with E-state index in [9.17, 15) is 0 Å². The zero-order chi connectivity index (χ0) is 11.7. The second kappa shape index (κ2) is 4.72. The Bertz CT molecular complexity index is 489. The summed E-state index contributed by atoms with van der Waals surface area (Å²) >= 11 is 3.79. The summed E-state index contributed by atoms with van der Waals surface area (Å²) in [6.07, 6.45) is 2.28. The van der Waals surface area contributed by atoms with Crippen molar-refractivity contribution in [2.75, 3.05) is 0 Å². The molecule has 2 aromatic heterocycles. The number of aryl methyl sites for hydroxylation is 3. The van der Waals surface area contributed by atoms with E-state index in [0.717, 1.165) is 12.8 Å². The number of rotatable bonds is 3. The highest BCUT2D eigenvalue weighted by molar-refractivity contribution is 7.15. The number of hydrogen-bond acceptors (Lipinski definition) is 2. The Balaban J connectivity index is 2.61. The predicted octanol–water partition coefficient (Wildman–Crippen LogP) is 5.22. The van der Waals surface area contributed by atoms with Crippen molar-refractivity contribution in [3.05, 3.63) is 32.3 Å². The summed E-state index contributed by atoms with van der Waals surface area (Å²) in [5, 5.41) is 4.61. The maximum absolute atomic E-state index is 2.32. The highest BCUT2D eigenvalue weighted by Gasteiger charge is 2.15. The maximum atomic E-state index is 2.32. The number of hydrogen-bond donors (Lipinski definition) is 0. The Labute approximate surface area is 106 Å². The van der Waals surface area contributed by atoms with Gasteiger partial charge in [0.1, 0.15) is 0 Å². The van der Waals surface area contributed by atoms with E-state index in [1.807, 2.05) is 22.7 Å². The third kappa shape index (κ3) is 1.85. The molecule has 0 saturated carbocycles. The smallest absolute Gasteiger partial charge is 0.0391 e. The van der Waals surface area contributed by atoms with Crippen molar-refractivity contribution in [3.63, 3.8) is 0 Å². The van der Waals surface area contributed by atoms with Gasteiger partial charge in [0.05, 0.1) is 0 Å². The molecule has 0 atom stereocenters. The van der Waals surface area contributed by atoms with Crippen molar-refractivity contribution in [1.82, 2.24) is 0 Å². The summed E-state index contributed by atoms with van der Waals surface area (Å²) in [5.41, 5.74) is 6.03. The minimum atomic E-state index is 1.14. The third-order valence-corrected chi connectivity index (χ3v) is 5.23. The Kier molecular flexibility index (Phi) is 3.50. The molecule has 0 aliphatic carbocycles. The second-order valence-electron chi connectivity index (χ2n) is 4.13. The van der Waals surface area contributed by atoms with Crippen LogP contribution >= 0.6 is 22.7 Å². The van der Waals surface area contributed by atoms with Crippen LogP contribution in [-0.4, -0.2) is 0 Å². The highest BCUT2D eigenvalue weighted by atomic mass is 32.1. The lowest BCUT2D eigenvalue weighted by Crippen LogP contribution is -1.87. The summed E-state index contributed by atoms with van der Waals surface area (Å²) < 4.78 is 0. The van der Waals surface area contributed by atoms with E-state index >= 15 is 0 Å². The van der Waals surface area contributed by atoms with Crippen molar-refractivity contribution >= 4 is 22.7 Å². The topological polar surface area (TPSA) is 0 Å². The SMILES string of the molecule is CCc1csc(C)c1-c1scc(C)c1CC. The van der Waals surface area contributed by atoms with E-state index < -0.39 is 0 Å². The Morgan fingerprint density at radius 1 is 1.00 bits per heavy atom. The first-order chi connectivity index (χ1) is 7.69. The van der Waals surface area contributed by atoms with E-state index in [0.29, 0.717) is 0 Å². The number of thiophene rings is 2. The van der Waals surface area contributed by atoms with Gasteiger partial charge in [0.2, 0.25) is 0 Å². The van der Waals surface area contributed by atoms with Crippen LogP contribution in [0.25, 0.3) is 10.4 Å². The van der Waals surface area contributed by atoms with Gasteiger partial charge >= 0.3 is 0 Å². The summed E-state index contributed by atoms with van der Waals surface area (Å²) in [6.45, 7) is 8.97. The lowest BCUT2D eigenvalue weighted by Gasteiger charge is -2.05. The van der Waals surface area contributed by atoms with E-state index in [-0.39, 0.29) is 0 Å². The van der Waals surface area contributed by atoms with Crippen LogP contribution < -0.4 is 0 Å². The summed E-state index contributed by atoms with van der Waals surface area (Å²) in [5.74, 6) is 0.